The zero-order chi connectivity index (χ0) is 15.2. The van der Waals surface area contributed by atoms with Crippen LogP contribution in [0.3, 0.4) is 0 Å². The van der Waals surface area contributed by atoms with Gasteiger partial charge in [0.2, 0.25) is 0 Å². The lowest BCUT2D eigenvalue weighted by atomic mass is 10.0. The molecule has 0 saturated carbocycles. The van der Waals surface area contributed by atoms with Crippen molar-refractivity contribution in [1.82, 2.24) is 5.32 Å². The smallest absolute Gasteiger partial charge is 0.147 e. The van der Waals surface area contributed by atoms with Crippen LogP contribution in [0.4, 0.5) is 4.39 Å². The minimum absolute atomic E-state index is 0.0400. The first kappa shape index (κ1) is 17.6. The summed E-state index contributed by atoms with van der Waals surface area (Å²) in [4.78, 5) is 0. The van der Waals surface area contributed by atoms with Crippen molar-refractivity contribution >= 4 is 25.8 Å². The van der Waals surface area contributed by atoms with Crippen LogP contribution < -0.4 is 5.32 Å². The van der Waals surface area contributed by atoms with Crippen molar-refractivity contribution in [3.63, 3.8) is 0 Å². The van der Waals surface area contributed by atoms with Crippen LogP contribution >= 0.6 is 15.9 Å². The average Bonchev–Trinajstić information content (AvgIpc) is 2.36. The SMILES string of the molecule is CCCNC(CCCS(C)(=O)=O)c1cccc(F)c1Br. The fourth-order valence-electron chi connectivity index (χ4n) is 2.03. The minimum atomic E-state index is -2.95. The van der Waals surface area contributed by atoms with E-state index in [2.05, 4.69) is 28.2 Å². The van der Waals surface area contributed by atoms with Crippen LogP contribution in [0.5, 0.6) is 0 Å². The summed E-state index contributed by atoms with van der Waals surface area (Å²) in [5, 5.41) is 3.35. The first-order chi connectivity index (χ1) is 9.35. The summed E-state index contributed by atoms with van der Waals surface area (Å²) in [7, 11) is -2.95. The minimum Gasteiger partial charge on any atom is -0.310 e. The molecule has 1 aromatic carbocycles. The molecule has 0 heterocycles. The molecular weight excluding hydrogens is 345 g/mol. The Hall–Kier alpha value is -0.460. The fraction of sp³-hybridized carbons (Fsp3) is 0.571. The maximum absolute atomic E-state index is 13.6. The lowest BCUT2D eigenvalue weighted by molar-refractivity contribution is 0.487. The Bertz CT molecular complexity index is 534. The third-order valence-corrected chi connectivity index (χ3v) is 4.87. The van der Waals surface area contributed by atoms with Crippen molar-refractivity contribution < 1.29 is 12.8 Å². The van der Waals surface area contributed by atoms with Crippen LogP contribution in [-0.2, 0) is 9.84 Å². The highest BCUT2D eigenvalue weighted by molar-refractivity contribution is 9.10. The number of hydrogen-bond donors (Lipinski definition) is 1. The third-order valence-electron chi connectivity index (χ3n) is 3.01. The fourth-order valence-corrected chi connectivity index (χ4v) is 3.26. The number of nitrogens with one attached hydrogen (secondary N) is 1. The molecule has 1 atom stereocenters. The predicted octanol–water partition coefficient (Wildman–Crippen LogP) is 3.45. The van der Waals surface area contributed by atoms with E-state index in [9.17, 15) is 12.8 Å². The summed E-state index contributed by atoms with van der Waals surface area (Å²) in [6.45, 7) is 2.87. The summed E-state index contributed by atoms with van der Waals surface area (Å²) in [5.41, 5.74) is 0.840. The van der Waals surface area contributed by atoms with E-state index >= 15 is 0 Å². The second kappa shape index (κ2) is 8.10. The van der Waals surface area contributed by atoms with Crippen molar-refractivity contribution in [2.75, 3.05) is 18.6 Å². The van der Waals surface area contributed by atoms with Gasteiger partial charge in [0.15, 0.2) is 0 Å². The Labute approximate surface area is 129 Å². The van der Waals surface area contributed by atoms with E-state index in [4.69, 9.17) is 0 Å². The van der Waals surface area contributed by atoms with Crippen LogP contribution in [0, 0.1) is 5.82 Å². The van der Waals surface area contributed by atoms with Crippen LogP contribution in [0.1, 0.15) is 37.8 Å². The Balaban J connectivity index is 2.80. The zero-order valence-corrected chi connectivity index (χ0v) is 14.2. The predicted molar refractivity (Wildman–Crippen MR) is 84.1 cm³/mol. The summed E-state index contributed by atoms with van der Waals surface area (Å²) < 4.78 is 36.4. The molecule has 0 aromatic heterocycles. The highest BCUT2D eigenvalue weighted by atomic mass is 79.9. The molecule has 0 fully saturated rings. The first-order valence-electron chi connectivity index (χ1n) is 6.70. The molecule has 1 N–H and O–H groups in total. The van der Waals surface area contributed by atoms with Crippen molar-refractivity contribution in [3.8, 4) is 0 Å². The summed E-state index contributed by atoms with van der Waals surface area (Å²) >= 11 is 3.27. The molecule has 1 aromatic rings. The van der Waals surface area contributed by atoms with Gasteiger partial charge in [0, 0.05) is 18.1 Å². The van der Waals surface area contributed by atoms with Gasteiger partial charge in [0.1, 0.15) is 15.7 Å². The molecule has 1 rings (SSSR count). The van der Waals surface area contributed by atoms with E-state index in [0.717, 1.165) is 18.5 Å². The van der Waals surface area contributed by atoms with Gasteiger partial charge in [0.25, 0.3) is 0 Å². The second-order valence-electron chi connectivity index (χ2n) is 4.92. The van der Waals surface area contributed by atoms with Gasteiger partial charge in [-0.1, -0.05) is 19.1 Å². The molecule has 0 radical (unpaired) electrons. The second-order valence-corrected chi connectivity index (χ2v) is 7.97. The number of sulfone groups is 1. The number of hydrogen-bond acceptors (Lipinski definition) is 3. The molecule has 0 aliphatic carbocycles. The van der Waals surface area contributed by atoms with Crippen molar-refractivity contribution in [2.24, 2.45) is 0 Å². The molecule has 0 saturated heterocycles. The summed E-state index contributed by atoms with van der Waals surface area (Å²) in [6.07, 6.45) is 3.42. The van der Waals surface area contributed by atoms with Crippen LogP contribution in [0.25, 0.3) is 0 Å². The molecule has 114 valence electrons. The van der Waals surface area contributed by atoms with Gasteiger partial charge in [-0.2, -0.15) is 0 Å². The molecule has 6 heteroatoms. The maximum Gasteiger partial charge on any atom is 0.147 e. The Morgan fingerprint density at radius 3 is 2.70 bits per heavy atom. The molecular formula is C14H21BrFNO2S. The van der Waals surface area contributed by atoms with Gasteiger partial charge in [-0.3, -0.25) is 0 Å². The van der Waals surface area contributed by atoms with E-state index in [-0.39, 0.29) is 17.6 Å². The summed E-state index contributed by atoms with van der Waals surface area (Å²) in [5.74, 6) is -0.140. The van der Waals surface area contributed by atoms with Gasteiger partial charge in [0.05, 0.1) is 4.47 Å². The molecule has 0 spiro atoms. The van der Waals surface area contributed by atoms with Crippen molar-refractivity contribution in [1.29, 1.82) is 0 Å². The third kappa shape index (κ3) is 5.89. The van der Waals surface area contributed by atoms with Gasteiger partial charge in [-0.05, 0) is 53.4 Å². The lowest BCUT2D eigenvalue weighted by Crippen LogP contribution is -2.23. The van der Waals surface area contributed by atoms with Crippen LogP contribution in [0.15, 0.2) is 22.7 Å². The number of rotatable bonds is 8. The van der Waals surface area contributed by atoms with Gasteiger partial charge >= 0.3 is 0 Å². The molecule has 20 heavy (non-hydrogen) atoms. The van der Waals surface area contributed by atoms with Gasteiger partial charge < -0.3 is 5.32 Å². The van der Waals surface area contributed by atoms with Gasteiger partial charge in [-0.25, -0.2) is 12.8 Å². The molecule has 0 amide bonds. The number of benzene rings is 1. The Morgan fingerprint density at radius 2 is 2.10 bits per heavy atom. The Kier molecular flexibility index (Phi) is 7.12. The van der Waals surface area contributed by atoms with E-state index in [1.54, 1.807) is 6.07 Å². The molecule has 0 aliphatic rings. The highest BCUT2D eigenvalue weighted by Crippen LogP contribution is 2.28. The van der Waals surface area contributed by atoms with Crippen LogP contribution in [-0.4, -0.2) is 27.0 Å². The standard InChI is InChI=1S/C14H21BrFNO2S/c1-3-9-17-13(8-5-10-20(2,18)19)11-6-4-7-12(16)14(11)15/h4,6-7,13,17H,3,5,8-10H2,1-2H3. The van der Waals surface area contributed by atoms with E-state index in [1.165, 1.54) is 12.3 Å². The molecule has 0 bridgehead atoms. The first-order valence-corrected chi connectivity index (χ1v) is 9.55. The quantitative estimate of drug-likeness (QED) is 0.767. The van der Waals surface area contributed by atoms with E-state index < -0.39 is 9.84 Å². The average molecular weight is 366 g/mol. The molecule has 1 unspecified atom stereocenters. The summed E-state index contributed by atoms with van der Waals surface area (Å²) in [6, 6.07) is 4.90. The largest absolute Gasteiger partial charge is 0.310 e. The Morgan fingerprint density at radius 1 is 1.40 bits per heavy atom. The lowest BCUT2D eigenvalue weighted by Gasteiger charge is -2.20. The topological polar surface area (TPSA) is 46.2 Å². The molecule has 0 aliphatic heterocycles. The van der Waals surface area contributed by atoms with E-state index in [1.807, 2.05) is 6.07 Å². The van der Waals surface area contributed by atoms with Crippen molar-refractivity contribution in [2.45, 2.75) is 32.2 Å². The maximum atomic E-state index is 13.6. The molecule has 3 nitrogen and oxygen atoms in total. The monoisotopic (exact) mass is 365 g/mol. The number of halogens is 2. The van der Waals surface area contributed by atoms with E-state index in [0.29, 0.717) is 17.3 Å². The van der Waals surface area contributed by atoms with Gasteiger partial charge in [-0.15, -0.1) is 0 Å². The van der Waals surface area contributed by atoms with Crippen LogP contribution in [0.2, 0.25) is 0 Å². The van der Waals surface area contributed by atoms with Crippen molar-refractivity contribution in [3.05, 3.63) is 34.1 Å². The highest BCUT2D eigenvalue weighted by Gasteiger charge is 2.16. The normalized spacial score (nSPS) is 13.4. The zero-order valence-electron chi connectivity index (χ0n) is 11.8.